The molecule has 1 aromatic heterocycles. The fourth-order valence-electron chi connectivity index (χ4n) is 1.85. The first kappa shape index (κ1) is 13.8. The van der Waals surface area contributed by atoms with E-state index in [1.807, 2.05) is 25.2 Å². The van der Waals surface area contributed by atoms with Gasteiger partial charge in [0.05, 0.1) is 13.7 Å². The predicted molar refractivity (Wildman–Crippen MR) is 72.2 cm³/mol. The third-order valence-electron chi connectivity index (χ3n) is 2.66. The molecule has 5 nitrogen and oxygen atoms in total. The lowest BCUT2D eigenvalue weighted by molar-refractivity contribution is 0.274. The Morgan fingerprint density at radius 1 is 1.32 bits per heavy atom. The molecule has 0 aliphatic rings. The second-order valence-electron chi connectivity index (χ2n) is 4.34. The molecule has 2 aromatic rings. The Hall–Kier alpha value is -1.59. The van der Waals surface area contributed by atoms with Crippen LogP contribution in [-0.2, 0) is 13.1 Å². The maximum atomic E-state index is 6.01. The molecular formula is C13H16ClN3O2. The van der Waals surface area contributed by atoms with E-state index in [0.29, 0.717) is 29.9 Å². The van der Waals surface area contributed by atoms with Crippen LogP contribution in [0.1, 0.15) is 17.3 Å². The summed E-state index contributed by atoms with van der Waals surface area (Å²) in [5, 5.41) is 8.47. The van der Waals surface area contributed by atoms with Crippen molar-refractivity contribution in [2.45, 2.75) is 20.0 Å². The van der Waals surface area contributed by atoms with E-state index < -0.39 is 0 Å². The summed E-state index contributed by atoms with van der Waals surface area (Å²) in [6, 6.07) is 5.57. The van der Waals surface area contributed by atoms with Crippen molar-refractivity contribution in [1.82, 2.24) is 15.1 Å². The van der Waals surface area contributed by atoms with Gasteiger partial charge in [0.25, 0.3) is 0 Å². The average Bonchev–Trinajstić information content (AvgIpc) is 2.75. The van der Waals surface area contributed by atoms with E-state index in [-0.39, 0.29) is 0 Å². The maximum absolute atomic E-state index is 6.01. The Kier molecular flexibility index (Phi) is 4.39. The highest BCUT2D eigenvalue weighted by atomic mass is 35.5. The first-order valence-corrected chi connectivity index (χ1v) is 6.26. The summed E-state index contributed by atoms with van der Waals surface area (Å²) < 4.78 is 10.7. The number of rotatable bonds is 5. The van der Waals surface area contributed by atoms with E-state index in [2.05, 4.69) is 15.1 Å². The summed E-state index contributed by atoms with van der Waals surface area (Å²) in [6.07, 6.45) is 0. The van der Waals surface area contributed by atoms with Gasteiger partial charge in [0.1, 0.15) is 5.75 Å². The molecular weight excluding hydrogens is 266 g/mol. The van der Waals surface area contributed by atoms with Crippen LogP contribution in [0.25, 0.3) is 0 Å². The summed E-state index contributed by atoms with van der Waals surface area (Å²) in [5.41, 5.74) is 1.02. The highest BCUT2D eigenvalue weighted by Crippen LogP contribution is 2.24. The molecule has 19 heavy (non-hydrogen) atoms. The summed E-state index contributed by atoms with van der Waals surface area (Å²) in [7, 11) is 3.62. The van der Waals surface area contributed by atoms with Crippen molar-refractivity contribution in [3.8, 4) is 5.75 Å². The second kappa shape index (κ2) is 6.04. The number of halogens is 1. The molecule has 0 atom stereocenters. The second-order valence-corrected chi connectivity index (χ2v) is 4.78. The minimum absolute atomic E-state index is 0.573. The van der Waals surface area contributed by atoms with Crippen LogP contribution in [-0.4, -0.2) is 29.3 Å². The van der Waals surface area contributed by atoms with Gasteiger partial charge in [-0.3, -0.25) is 4.90 Å². The van der Waals surface area contributed by atoms with Crippen LogP contribution >= 0.6 is 11.6 Å². The summed E-state index contributed by atoms with van der Waals surface area (Å²) >= 11 is 6.01. The van der Waals surface area contributed by atoms with E-state index in [1.165, 1.54) is 0 Å². The number of nitrogens with zero attached hydrogens (tertiary/aromatic N) is 3. The quantitative estimate of drug-likeness (QED) is 0.843. The van der Waals surface area contributed by atoms with Gasteiger partial charge in [-0.2, -0.15) is 0 Å². The van der Waals surface area contributed by atoms with Crippen molar-refractivity contribution >= 4 is 11.6 Å². The van der Waals surface area contributed by atoms with Crippen LogP contribution in [0, 0.1) is 6.92 Å². The predicted octanol–water partition coefficient (Wildman–Crippen LogP) is 2.67. The summed E-state index contributed by atoms with van der Waals surface area (Å²) in [4.78, 5) is 2.06. The van der Waals surface area contributed by atoms with E-state index in [4.69, 9.17) is 20.8 Å². The van der Waals surface area contributed by atoms with E-state index >= 15 is 0 Å². The third kappa shape index (κ3) is 3.68. The van der Waals surface area contributed by atoms with Crippen LogP contribution in [0.5, 0.6) is 5.75 Å². The minimum atomic E-state index is 0.573. The zero-order chi connectivity index (χ0) is 13.8. The molecule has 102 valence electrons. The molecule has 1 heterocycles. The molecule has 0 saturated heterocycles. The molecule has 0 amide bonds. The summed E-state index contributed by atoms with van der Waals surface area (Å²) in [5.74, 6) is 1.99. The van der Waals surface area contributed by atoms with Gasteiger partial charge in [0.15, 0.2) is 0 Å². The smallest absolute Gasteiger partial charge is 0.230 e. The van der Waals surface area contributed by atoms with E-state index in [9.17, 15) is 0 Å². The summed E-state index contributed by atoms with van der Waals surface area (Å²) in [6.45, 7) is 3.04. The minimum Gasteiger partial charge on any atom is -0.496 e. The Morgan fingerprint density at radius 3 is 2.74 bits per heavy atom. The van der Waals surface area contributed by atoms with Gasteiger partial charge >= 0.3 is 0 Å². The SMILES string of the molecule is COc1ccc(Cl)cc1CN(C)Cc1nnc(C)o1. The van der Waals surface area contributed by atoms with E-state index in [0.717, 1.165) is 11.3 Å². The number of aryl methyl sites for hydroxylation is 1. The van der Waals surface area contributed by atoms with Gasteiger partial charge in [-0.1, -0.05) is 11.6 Å². The van der Waals surface area contributed by atoms with Gasteiger partial charge in [-0.05, 0) is 25.2 Å². The maximum Gasteiger partial charge on any atom is 0.230 e. The Balaban J connectivity index is 2.05. The average molecular weight is 282 g/mol. The van der Waals surface area contributed by atoms with Gasteiger partial charge in [-0.15, -0.1) is 10.2 Å². The third-order valence-corrected chi connectivity index (χ3v) is 2.89. The van der Waals surface area contributed by atoms with Crippen LogP contribution in [0.3, 0.4) is 0 Å². The Labute approximate surface area is 117 Å². The standard InChI is InChI=1S/C13H16ClN3O2/c1-9-15-16-13(19-9)8-17(2)7-10-6-11(14)4-5-12(10)18-3/h4-6H,7-8H2,1-3H3. The van der Waals surface area contributed by atoms with Crippen molar-refractivity contribution in [2.75, 3.05) is 14.2 Å². The number of aromatic nitrogens is 2. The lowest BCUT2D eigenvalue weighted by Gasteiger charge is -2.16. The van der Waals surface area contributed by atoms with Crippen LogP contribution in [0.2, 0.25) is 5.02 Å². The molecule has 1 aromatic carbocycles. The molecule has 0 unspecified atom stereocenters. The lowest BCUT2D eigenvalue weighted by atomic mass is 10.2. The van der Waals surface area contributed by atoms with Crippen molar-refractivity contribution in [3.63, 3.8) is 0 Å². The topological polar surface area (TPSA) is 51.4 Å². The number of hydrogen-bond donors (Lipinski definition) is 0. The van der Waals surface area contributed by atoms with Crippen molar-refractivity contribution < 1.29 is 9.15 Å². The molecule has 0 fully saturated rings. The normalized spacial score (nSPS) is 11.0. The van der Waals surface area contributed by atoms with Crippen molar-refractivity contribution in [3.05, 3.63) is 40.6 Å². The molecule has 6 heteroatoms. The van der Waals surface area contributed by atoms with Crippen molar-refractivity contribution in [2.24, 2.45) is 0 Å². The number of methoxy groups -OCH3 is 1. The van der Waals surface area contributed by atoms with Gasteiger partial charge in [0.2, 0.25) is 11.8 Å². The van der Waals surface area contributed by atoms with Crippen LogP contribution in [0.4, 0.5) is 0 Å². The molecule has 0 radical (unpaired) electrons. The Bertz CT molecular complexity index is 557. The van der Waals surface area contributed by atoms with Gasteiger partial charge < -0.3 is 9.15 Å². The fraction of sp³-hybridized carbons (Fsp3) is 0.385. The monoisotopic (exact) mass is 281 g/mol. The first-order chi connectivity index (χ1) is 9.08. The van der Waals surface area contributed by atoms with Crippen LogP contribution < -0.4 is 4.74 Å². The molecule has 0 spiro atoms. The van der Waals surface area contributed by atoms with E-state index in [1.54, 1.807) is 14.0 Å². The zero-order valence-corrected chi connectivity index (χ0v) is 11.9. The van der Waals surface area contributed by atoms with Gasteiger partial charge in [0, 0.05) is 24.1 Å². The molecule has 0 aliphatic heterocycles. The zero-order valence-electron chi connectivity index (χ0n) is 11.2. The highest BCUT2D eigenvalue weighted by molar-refractivity contribution is 6.30. The number of benzene rings is 1. The molecule has 2 rings (SSSR count). The molecule has 0 N–H and O–H groups in total. The largest absolute Gasteiger partial charge is 0.496 e. The highest BCUT2D eigenvalue weighted by Gasteiger charge is 2.10. The number of hydrogen-bond acceptors (Lipinski definition) is 5. The lowest BCUT2D eigenvalue weighted by Crippen LogP contribution is -2.18. The van der Waals surface area contributed by atoms with Gasteiger partial charge in [-0.25, -0.2) is 0 Å². The molecule has 0 aliphatic carbocycles. The van der Waals surface area contributed by atoms with Crippen molar-refractivity contribution in [1.29, 1.82) is 0 Å². The molecule has 0 bridgehead atoms. The fourth-order valence-corrected chi connectivity index (χ4v) is 2.04. The van der Waals surface area contributed by atoms with Crippen LogP contribution in [0.15, 0.2) is 22.6 Å². The molecule has 0 saturated carbocycles. The number of ether oxygens (including phenoxy) is 1. The Morgan fingerprint density at radius 2 is 2.11 bits per heavy atom. The first-order valence-electron chi connectivity index (χ1n) is 5.88.